The number of rotatable bonds is 6. The van der Waals surface area contributed by atoms with Gasteiger partial charge in [-0.15, -0.1) is 0 Å². The van der Waals surface area contributed by atoms with Gasteiger partial charge in [-0.1, -0.05) is 34.3 Å². The molecule has 1 N–H and O–H groups in total. The van der Waals surface area contributed by atoms with E-state index >= 15 is 0 Å². The molecule has 1 amide bonds. The van der Waals surface area contributed by atoms with Crippen molar-refractivity contribution >= 4 is 33.2 Å². The number of hydrogen-bond acceptors (Lipinski definition) is 5. The molecule has 2 aromatic rings. The van der Waals surface area contributed by atoms with Crippen LogP contribution < -0.4 is 10.4 Å². The Morgan fingerprint density at radius 2 is 1.76 bits per heavy atom. The highest BCUT2D eigenvalue weighted by atomic mass is 35.5. The van der Waals surface area contributed by atoms with Gasteiger partial charge in [0.05, 0.1) is 28.3 Å². The number of amides is 1. The molecule has 0 bridgehead atoms. The first-order valence-electron chi connectivity index (χ1n) is 7.19. The van der Waals surface area contributed by atoms with E-state index in [1.165, 1.54) is 37.4 Å². The van der Waals surface area contributed by atoms with E-state index < -0.39 is 15.9 Å². The molecule has 0 aliphatic carbocycles. The molecule has 0 fully saturated rings. The molecule has 0 unspecified atom stereocenters. The molecule has 2 rings (SSSR count). The summed E-state index contributed by atoms with van der Waals surface area (Å²) in [6, 6.07) is 13.0. The van der Waals surface area contributed by atoms with Crippen molar-refractivity contribution < 1.29 is 18.0 Å². The van der Waals surface area contributed by atoms with Crippen molar-refractivity contribution in [2.45, 2.75) is 4.90 Å². The molecule has 0 aliphatic heterocycles. The molecule has 0 heterocycles. The van der Waals surface area contributed by atoms with Crippen LogP contribution in [0.4, 0.5) is 5.69 Å². The summed E-state index contributed by atoms with van der Waals surface area (Å²) in [6.45, 7) is 0. The van der Waals surface area contributed by atoms with Crippen LogP contribution in [0.5, 0.6) is 0 Å². The molecule has 134 valence electrons. The first-order chi connectivity index (χ1) is 11.8. The van der Waals surface area contributed by atoms with Crippen LogP contribution in [-0.4, -0.2) is 40.0 Å². The summed E-state index contributed by atoms with van der Waals surface area (Å²) >= 11 is 6.07. The van der Waals surface area contributed by atoms with Crippen LogP contribution in [0, 0.1) is 0 Å². The number of carbonyl (C=O) groups is 1. The summed E-state index contributed by atoms with van der Waals surface area (Å²) in [6.07, 6.45) is 0. The Morgan fingerprint density at radius 3 is 2.36 bits per heavy atom. The molecule has 0 atom stereocenters. The van der Waals surface area contributed by atoms with Gasteiger partial charge in [0.2, 0.25) is 0 Å². The number of nitrogens with zero attached hydrogens (tertiary/aromatic N) is 2. The van der Waals surface area contributed by atoms with E-state index in [1.807, 2.05) is 30.3 Å². The number of halogens is 1. The summed E-state index contributed by atoms with van der Waals surface area (Å²) in [7, 11) is 0.272. The molecule has 0 aliphatic rings. The Morgan fingerprint density at radius 1 is 1.12 bits per heavy atom. The maximum Gasteiger partial charge on any atom is 0.271 e. The van der Waals surface area contributed by atoms with Crippen LogP contribution in [0.2, 0.25) is 5.02 Å². The fourth-order valence-corrected chi connectivity index (χ4v) is 3.22. The Bertz CT molecular complexity index is 859. The van der Waals surface area contributed by atoms with E-state index in [4.69, 9.17) is 16.4 Å². The lowest BCUT2D eigenvalue weighted by atomic mass is 10.2. The summed E-state index contributed by atoms with van der Waals surface area (Å²) < 4.78 is 25.3. The number of para-hydroxylation sites is 1. The normalized spacial score (nSPS) is 11.4. The predicted molar refractivity (Wildman–Crippen MR) is 95.7 cm³/mol. The molecule has 0 radical (unpaired) electrons. The van der Waals surface area contributed by atoms with Crippen molar-refractivity contribution in [3.8, 4) is 0 Å². The Hall–Kier alpha value is -2.13. The van der Waals surface area contributed by atoms with Gasteiger partial charge in [0.25, 0.3) is 15.9 Å². The molecular formula is C16H18ClN3O4S. The fraction of sp³-hybridized carbons (Fsp3) is 0.188. The van der Waals surface area contributed by atoms with Gasteiger partial charge in [0, 0.05) is 14.1 Å². The lowest BCUT2D eigenvalue weighted by Crippen LogP contribution is -2.39. The van der Waals surface area contributed by atoms with Crippen LogP contribution in [0.15, 0.2) is 53.4 Å². The molecule has 9 heteroatoms. The Labute approximate surface area is 151 Å². The zero-order chi connectivity index (χ0) is 18.6. The first-order valence-corrected chi connectivity index (χ1v) is 9.01. The molecule has 0 spiro atoms. The van der Waals surface area contributed by atoms with Crippen molar-refractivity contribution in [1.82, 2.24) is 9.89 Å². The minimum Gasteiger partial charge on any atom is -0.288 e. The summed E-state index contributed by atoms with van der Waals surface area (Å²) in [5.74, 6) is -0.534. The maximum absolute atomic E-state index is 12.5. The standard InChI is InChI=1S/C16H18ClN3O4S/c1-19(12-7-5-4-6-8-12)18-16(21)14-11-13(9-10-15(14)17)25(22,23)20(2)24-3/h4-11H,1-3H3,(H,18,21). The largest absolute Gasteiger partial charge is 0.288 e. The van der Waals surface area contributed by atoms with Crippen LogP contribution in [0.25, 0.3) is 0 Å². The van der Waals surface area contributed by atoms with E-state index in [0.717, 1.165) is 5.69 Å². The van der Waals surface area contributed by atoms with Gasteiger partial charge in [-0.25, -0.2) is 8.42 Å². The van der Waals surface area contributed by atoms with Gasteiger partial charge in [-0.05, 0) is 30.3 Å². The first kappa shape index (κ1) is 19.2. The number of hydrazine groups is 1. The van der Waals surface area contributed by atoms with E-state index in [0.29, 0.717) is 4.47 Å². The summed E-state index contributed by atoms with van der Waals surface area (Å²) in [5, 5.41) is 1.65. The maximum atomic E-state index is 12.5. The minimum atomic E-state index is -3.88. The highest BCUT2D eigenvalue weighted by Crippen LogP contribution is 2.23. The van der Waals surface area contributed by atoms with Crippen molar-refractivity contribution in [2.24, 2.45) is 0 Å². The number of hydrogen-bond donors (Lipinski definition) is 1. The van der Waals surface area contributed by atoms with E-state index in [9.17, 15) is 13.2 Å². The van der Waals surface area contributed by atoms with Crippen LogP contribution in [0.1, 0.15) is 10.4 Å². The van der Waals surface area contributed by atoms with Crippen molar-refractivity contribution in [3.63, 3.8) is 0 Å². The molecule has 2 aromatic carbocycles. The third kappa shape index (κ3) is 4.29. The second-order valence-corrected chi connectivity index (χ2v) is 7.42. The number of anilines is 1. The summed E-state index contributed by atoms with van der Waals surface area (Å²) in [5.41, 5.74) is 3.44. The summed E-state index contributed by atoms with van der Waals surface area (Å²) in [4.78, 5) is 17.1. The third-order valence-electron chi connectivity index (χ3n) is 3.49. The number of carbonyl (C=O) groups excluding carboxylic acids is 1. The predicted octanol–water partition coefficient (Wildman–Crippen LogP) is 2.30. The second-order valence-electron chi connectivity index (χ2n) is 5.07. The molecular weight excluding hydrogens is 366 g/mol. The van der Waals surface area contributed by atoms with Gasteiger partial charge >= 0.3 is 0 Å². The van der Waals surface area contributed by atoms with E-state index in [2.05, 4.69) is 5.43 Å². The quantitative estimate of drug-likeness (QED) is 0.774. The van der Waals surface area contributed by atoms with Crippen LogP contribution in [0.3, 0.4) is 0 Å². The van der Waals surface area contributed by atoms with Gasteiger partial charge in [0.1, 0.15) is 0 Å². The van der Waals surface area contributed by atoms with E-state index in [-0.39, 0.29) is 15.5 Å². The van der Waals surface area contributed by atoms with Crippen molar-refractivity contribution in [3.05, 3.63) is 59.1 Å². The highest BCUT2D eigenvalue weighted by molar-refractivity contribution is 7.89. The monoisotopic (exact) mass is 383 g/mol. The fourth-order valence-electron chi connectivity index (χ4n) is 2.01. The second kappa shape index (κ2) is 7.83. The topological polar surface area (TPSA) is 78.9 Å². The average Bonchev–Trinajstić information content (AvgIpc) is 2.61. The third-order valence-corrected chi connectivity index (χ3v) is 5.49. The minimum absolute atomic E-state index is 0.0371. The lowest BCUT2D eigenvalue weighted by Gasteiger charge is -2.21. The smallest absolute Gasteiger partial charge is 0.271 e. The Kier molecular flexibility index (Phi) is 6.02. The zero-order valence-electron chi connectivity index (χ0n) is 13.9. The van der Waals surface area contributed by atoms with Gasteiger partial charge in [-0.2, -0.15) is 0 Å². The number of benzene rings is 2. The Balaban J connectivity index is 2.30. The van der Waals surface area contributed by atoms with Crippen LogP contribution >= 0.6 is 11.6 Å². The SMILES string of the molecule is CON(C)S(=O)(=O)c1ccc(Cl)c(C(=O)NN(C)c2ccccc2)c1. The number of nitrogens with one attached hydrogen (secondary N) is 1. The van der Waals surface area contributed by atoms with E-state index in [1.54, 1.807) is 7.05 Å². The van der Waals surface area contributed by atoms with Crippen LogP contribution in [-0.2, 0) is 14.9 Å². The molecule has 0 saturated carbocycles. The average molecular weight is 384 g/mol. The lowest BCUT2D eigenvalue weighted by molar-refractivity contribution is -0.0258. The van der Waals surface area contributed by atoms with Crippen molar-refractivity contribution in [1.29, 1.82) is 0 Å². The molecule has 0 saturated heterocycles. The number of sulfonamides is 1. The molecule has 0 aromatic heterocycles. The molecule has 7 nitrogen and oxygen atoms in total. The highest BCUT2D eigenvalue weighted by Gasteiger charge is 2.23. The van der Waals surface area contributed by atoms with Gasteiger partial charge in [-0.3, -0.25) is 20.1 Å². The van der Waals surface area contributed by atoms with Crippen molar-refractivity contribution in [2.75, 3.05) is 26.2 Å². The number of hydroxylamine groups is 1. The van der Waals surface area contributed by atoms with Gasteiger partial charge < -0.3 is 0 Å². The zero-order valence-corrected chi connectivity index (χ0v) is 15.5. The van der Waals surface area contributed by atoms with Gasteiger partial charge in [0.15, 0.2) is 0 Å². The molecule has 25 heavy (non-hydrogen) atoms.